The van der Waals surface area contributed by atoms with Gasteiger partial charge in [-0.05, 0) is 49.2 Å². The smallest absolute Gasteiger partial charge is 0.263 e. The predicted molar refractivity (Wildman–Crippen MR) is 144 cm³/mol. The Kier molecular flexibility index (Phi) is 6.25. The molecule has 1 saturated carbocycles. The molecule has 3 heterocycles. The third kappa shape index (κ3) is 4.30. The molecule has 1 aromatic heterocycles. The van der Waals surface area contributed by atoms with Gasteiger partial charge in [0.15, 0.2) is 0 Å². The van der Waals surface area contributed by atoms with E-state index >= 15 is 0 Å². The lowest BCUT2D eigenvalue weighted by Gasteiger charge is -2.34. The molecule has 1 aliphatic carbocycles. The van der Waals surface area contributed by atoms with Crippen LogP contribution in [0.15, 0.2) is 53.3 Å². The Bertz CT molecular complexity index is 1300. The van der Waals surface area contributed by atoms with E-state index in [4.69, 9.17) is 4.98 Å². The molecule has 3 aromatic rings. The summed E-state index contributed by atoms with van der Waals surface area (Å²) in [6.07, 6.45) is 6.71. The van der Waals surface area contributed by atoms with Crippen molar-refractivity contribution in [3.63, 3.8) is 0 Å². The summed E-state index contributed by atoms with van der Waals surface area (Å²) in [7, 11) is 2.16. The number of anilines is 2. The summed E-state index contributed by atoms with van der Waals surface area (Å²) in [4.78, 5) is 38.8. The highest BCUT2D eigenvalue weighted by atomic mass is 16.2. The third-order valence-corrected chi connectivity index (χ3v) is 8.32. The fourth-order valence-corrected chi connectivity index (χ4v) is 6.15. The summed E-state index contributed by atoms with van der Waals surface area (Å²) >= 11 is 0. The zero-order valence-electron chi connectivity index (χ0n) is 21.1. The van der Waals surface area contributed by atoms with Gasteiger partial charge in [-0.25, -0.2) is 4.98 Å². The fraction of sp³-hybridized carbons (Fsp3) is 0.483. The van der Waals surface area contributed by atoms with Crippen LogP contribution in [0.5, 0.6) is 0 Å². The number of carbonyl (C=O) groups is 1. The topological polar surface area (TPSA) is 61.7 Å². The standard InChI is InChI=1S/C29H35N5O2/c1-31-15-17-32(18-16-31)23-13-11-22(12-14-23)20-33-28(36)26(19-21-7-3-2-4-8-21)34-27(35)24-9-5-6-10-25(24)30-29(33)34/h5-6,9-14,21,26H,2-4,7-8,15-20H2,1H3. The van der Waals surface area contributed by atoms with Gasteiger partial charge < -0.3 is 9.80 Å². The Morgan fingerprint density at radius 3 is 2.36 bits per heavy atom. The molecule has 36 heavy (non-hydrogen) atoms. The number of carbonyl (C=O) groups excluding carboxylic acids is 1. The molecule has 7 heteroatoms. The highest BCUT2D eigenvalue weighted by Crippen LogP contribution is 2.37. The maximum atomic E-state index is 13.8. The van der Waals surface area contributed by atoms with Crippen LogP contribution in [0, 0.1) is 5.92 Å². The first-order chi connectivity index (χ1) is 17.6. The monoisotopic (exact) mass is 485 g/mol. The van der Waals surface area contributed by atoms with Gasteiger partial charge >= 0.3 is 0 Å². The molecule has 3 aliphatic rings. The molecular formula is C29H35N5O2. The second-order valence-corrected chi connectivity index (χ2v) is 10.7. The van der Waals surface area contributed by atoms with Gasteiger partial charge in [0, 0.05) is 31.9 Å². The summed E-state index contributed by atoms with van der Waals surface area (Å²) in [6, 6.07) is 15.5. The Morgan fingerprint density at radius 1 is 0.889 bits per heavy atom. The second-order valence-electron chi connectivity index (χ2n) is 10.7. The van der Waals surface area contributed by atoms with Crippen LogP contribution < -0.4 is 15.4 Å². The molecule has 1 saturated heterocycles. The number of piperazine rings is 1. The van der Waals surface area contributed by atoms with Crippen LogP contribution in [0.4, 0.5) is 11.6 Å². The number of benzene rings is 2. The van der Waals surface area contributed by atoms with Crippen LogP contribution in [-0.4, -0.2) is 53.6 Å². The minimum Gasteiger partial charge on any atom is -0.369 e. The van der Waals surface area contributed by atoms with Gasteiger partial charge in [0.1, 0.15) is 6.04 Å². The molecule has 1 atom stereocenters. The van der Waals surface area contributed by atoms with E-state index in [9.17, 15) is 9.59 Å². The van der Waals surface area contributed by atoms with Crippen molar-refractivity contribution in [1.82, 2.24) is 14.5 Å². The largest absolute Gasteiger partial charge is 0.369 e. The molecule has 7 nitrogen and oxygen atoms in total. The molecule has 1 unspecified atom stereocenters. The molecule has 0 spiro atoms. The number of likely N-dealkylation sites (N-methyl/N-ethyl adjacent to an activating group) is 1. The minimum atomic E-state index is -0.461. The maximum Gasteiger partial charge on any atom is 0.263 e. The lowest BCUT2D eigenvalue weighted by Crippen LogP contribution is -2.44. The molecule has 2 aliphatic heterocycles. The van der Waals surface area contributed by atoms with Crippen LogP contribution in [0.2, 0.25) is 0 Å². The molecule has 0 radical (unpaired) electrons. The van der Waals surface area contributed by atoms with Gasteiger partial charge in [0.25, 0.3) is 11.5 Å². The van der Waals surface area contributed by atoms with Crippen LogP contribution in [0.1, 0.15) is 50.1 Å². The van der Waals surface area contributed by atoms with E-state index in [2.05, 4.69) is 41.1 Å². The average molecular weight is 486 g/mol. The van der Waals surface area contributed by atoms with Crippen LogP contribution in [0.3, 0.4) is 0 Å². The van der Waals surface area contributed by atoms with E-state index < -0.39 is 6.04 Å². The van der Waals surface area contributed by atoms with E-state index in [1.54, 1.807) is 9.47 Å². The SMILES string of the molecule is CN1CCN(c2ccc(CN3C(=O)C(CC4CCCCC4)n4c3nc3ccccc3c4=O)cc2)CC1. The fourth-order valence-electron chi connectivity index (χ4n) is 6.15. The van der Waals surface area contributed by atoms with Crippen molar-refractivity contribution in [1.29, 1.82) is 0 Å². The van der Waals surface area contributed by atoms with Gasteiger partial charge in [0.05, 0.1) is 17.4 Å². The Morgan fingerprint density at radius 2 is 1.61 bits per heavy atom. The summed E-state index contributed by atoms with van der Waals surface area (Å²) in [5.74, 6) is 0.984. The van der Waals surface area contributed by atoms with Gasteiger partial charge in [-0.3, -0.25) is 19.1 Å². The van der Waals surface area contributed by atoms with Gasteiger partial charge in [-0.15, -0.1) is 0 Å². The molecule has 0 bridgehead atoms. The number of para-hydroxylation sites is 1. The third-order valence-electron chi connectivity index (χ3n) is 8.32. The lowest BCUT2D eigenvalue weighted by molar-refractivity contribution is -0.121. The van der Waals surface area contributed by atoms with E-state index in [0.717, 1.165) is 51.0 Å². The normalized spacial score (nSPS) is 21.4. The number of rotatable bonds is 5. The second kappa shape index (κ2) is 9.69. The highest BCUT2D eigenvalue weighted by Gasteiger charge is 2.41. The van der Waals surface area contributed by atoms with Crippen molar-refractivity contribution < 1.29 is 4.79 Å². The minimum absolute atomic E-state index is 0.00336. The Balaban J connectivity index is 1.30. The van der Waals surface area contributed by atoms with E-state index in [-0.39, 0.29) is 11.5 Å². The number of amides is 1. The number of hydrogen-bond donors (Lipinski definition) is 0. The Labute approximate surface area is 212 Å². The maximum absolute atomic E-state index is 13.8. The van der Waals surface area contributed by atoms with Crippen molar-refractivity contribution in [2.75, 3.05) is 43.0 Å². The first kappa shape index (κ1) is 23.2. The molecule has 2 fully saturated rings. The highest BCUT2D eigenvalue weighted by molar-refractivity contribution is 5.99. The van der Waals surface area contributed by atoms with Gasteiger partial charge in [-0.1, -0.05) is 56.4 Å². The molecule has 2 aromatic carbocycles. The van der Waals surface area contributed by atoms with E-state index in [0.29, 0.717) is 29.3 Å². The van der Waals surface area contributed by atoms with Gasteiger partial charge in [-0.2, -0.15) is 0 Å². The van der Waals surface area contributed by atoms with Gasteiger partial charge in [0.2, 0.25) is 5.95 Å². The van der Waals surface area contributed by atoms with Crippen LogP contribution in [0.25, 0.3) is 10.9 Å². The molecule has 0 N–H and O–H groups in total. The first-order valence-corrected chi connectivity index (χ1v) is 13.4. The van der Waals surface area contributed by atoms with E-state index in [1.807, 2.05) is 24.3 Å². The number of fused-ring (bicyclic) bond motifs is 2. The first-order valence-electron chi connectivity index (χ1n) is 13.4. The Hall–Kier alpha value is -3.19. The van der Waals surface area contributed by atoms with Crippen LogP contribution >= 0.6 is 0 Å². The summed E-state index contributed by atoms with van der Waals surface area (Å²) in [5.41, 5.74) is 2.82. The summed E-state index contributed by atoms with van der Waals surface area (Å²) in [5, 5.41) is 0.584. The van der Waals surface area contributed by atoms with Crippen molar-refractivity contribution in [3.05, 3.63) is 64.4 Å². The van der Waals surface area contributed by atoms with Crippen molar-refractivity contribution in [2.45, 2.75) is 51.1 Å². The van der Waals surface area contributed by atoms with Crippen LogP contribution in [-0.2, 0) is 11.3 Å². The van der Waals surface area contributed by atoms with Crippen molar-refractivity contribution in [2.24, 2.45) is 5.92 Å². The lowest BCUT2D eigenvalue weighted by atomic mass is 9.84. The van der Waals surface area contributed by atoms with E-state index in [1.165, 1.54) is 24.9 Å². The number of nitrogens with zero attached hydrogens (tertiary/aromatic N) is 5. The molecular weight excluding hydrogens is 450 g/mol. The molecule has 188 valence electrons. The van der Waals surface area contributed by atoms with Crippen molar-refractivity contribution >= 4 is 28.4 Å². The summed E-state index contributed by atoms with van der Waals surface area (Å²) < 4.78 is 1.69. The molecule has 1 amide bonds. The summed E-state index contributed by atoms with van der Waals surface area (Å²) in [6.45, 7) is 4.61. The molecule has 6 rings (SSSR count). The zero-order valence-corrected chi connectivity index (χ0v) is 21.1. The zero-order chi connectivity index (χ0) is 24.6. The number of aromatic nitrogens is 2. The van der Waals surface area contributed by atoms with Crippen molar-refractivity contribution in [3.8, 4) is 0 Å². The quantitative estimate of drug-likeness (QED) is 0.542. The predicted octanol–water partition coefficient (Wildman–Crippen LogP) is 4.21. The average Bonchev–Trinajstić information content (AvgIpc) is 3.16. The number of hydrogen-bond acceptors (Lipinski definition) is 5.